The van der Waals surface area contributed by atoms with Gasteiger partial charge in [0.15, 0.2) is 11.6 Å². The molecule has 11 nitrogen and oxygen atoms in total. The van der Waals surface area contributed by atoms with E-state index in [1.54, 1.807) is 42.6 Å². The highest BCUT2D eigenvalue weighted by atomic mass is 32.2. The Balaban J connectivity index is 1.79. The number of para-hydroxylation sites is 1. The van der Waals surface area contributed by atoms with Gasteiger partial charge >= 0.3 is 0 Å². The van der Waals surface area contributed by atoms with Crippen LogP contribution in [0.25, 0.3) is 17.2 Å². The van der Waals surface area contributed by atoms with E-state index in [0.29, 0.717) is 22.9 Å². The van der Waals surface area contributed by atoms with Crippen LogP contribution in [-0.2, 0) is 16.4 Å². The third kappa shape index (κ3) is 5.04. The molecule has 0 amide bonds. The SMILES string of the molecule is COc1cccc(OC)c1-n1c(NS(=O)(=O)[C@H](C)Cc2ncc(F)cn2)nnc1-c1ccccn1. The van der Waals surface area contributed by atoms with Gasteiger partial charge < -0.3 is 9.47 Å². The maximum Gasteiger partial charge on any atom is 0.243 e. The van der Waals surface area contributed by atoms with Crippen molar-refractivity contribution in [3.8, 4) is 28.7 Å². The molecule has 0 aliphatic heterocycles. The Hall–Kier alpha value is -4.13. The molecule has 0 unspecified atom stereocenters. The van der Waals surface area contributed by atoms with E-state index in [4.69, 9.17) is 9.47 Å². The average molecular weight is 500 g/mol. The minimum absolute atomic E-state index is 0.0468. The number of halogens is 1. The van der Waals surface area contributed by atoms with Crippen molar-refractivity contribution < 1.29 is 22.3 Å². The Morgan fingerprint density at radius 1 is 1.00 bits per heavy atom. The van der Waals surface area contributed by atoms with E-state index in [-0.39, 0.29) is 24.0 Å². The van der Waals surface area contributed by atoms with Gasteiger partial charge in [0.1, 0.15) is 28.7 Å². The van der Waals surface area contributed by atoms with Crippen LogP contribution < -0.4 is 14.2 Å². The first-order valence-corrected chi connectivity index (χ1v) is 11.9. The molecule has 3 heterocycles. The van der Waals surface area contributed by atoms with Gasteiger partial charge in [0, 0.05) is 12.6 Å². The number of benzene rings is 1. The van der Waals surface area contributed by atoms with E-state index < -0.39 is 21.1 Å². The number of aromatic nitrogens is 6. The van der Waals surface area contributed by atoms with Crippen LogP contribution in [0.3, 0.4) is 0 Å². The van der Waals surface area contributed by atoms with Crippen LogP contribution in [0.2, 0.25) is 0 Å². The van der Waals surface area contributed by atoms with Gasteiger partial charge in [-0.15, -0.1) is 10.2 Å². The fraction of sp³-hybridized carbons (Fsp3) is 0.227. The predicted octanol–water partition coefficient (Wildman–Crippen LogP) is 2.65. The molecule has 0 saturated heterocycles. The molecule has 4 aromatic rings. The molecule has 0 radical (unpaired) electrons. The summed E-state index contributed by atoms with van der Waals surface area (Å²) in [6.07, 6.45) is 3.51. The number of hydrogen-bond acceptors (Lipinski definition) is 9. The number of nitrogens with one attached hydrogen (secondary N) is 1. The van der Waals surface area contributed by atoms with E-state index in [2.05, 4.69) is 29.9 Å². The second kappa shape index (κ2) is 10.0. The first kappa shape index (κ1) is 24.0. The Kier molecular flexibility index (Phi) is 6.87. The third-order valence-electron chi connectivity index (χ3n) is 5.09. The number of sulfonamides is 1. The lowest BCUT2D eigenvalue weighted by Gasteiger charge is -2.18. The normalized spacial score (nSPS) is 12.2. The Morgan fingerprint density at radius 3 is 2.29 bits per heavy atom. The van der Waals surface area contributed by atoms with Crippen molar-refractivity contribution in [3.05, 3.63) is 66.6 Å². The van der Waals surface area contributed by atoms with E-state index in [9.17, 15) is 12.8 Å². The van der Waals surface area contributed by atoms with E-state index >= 15 is 0 Å². The molecule has 0 aliphatic rings. The standard InChI is InChI=1S/C22H22FN7O4S/c1-14(11-19-25-12-15(23)13-26-19)35(31,32)29-22-28-27-21(16-7-4-5-10-24-16)30(22)20-17(33-2)8-6-9-18(20)34-3/h4-10,12-14H,11H2,1-3H3,(H,28,29)/t14-/m1/s1. The van der Waals surface area contributed by atoms with Gasteiger partial charge in [-0.1, -0.05) is 12.1 Å². The zero-order valence-corrected chi connectivity index (χ0v) is 19.9. The lowest BCUT2D eigenvalue weighted by atomic mass is 10.2. The topological polar surface area (TPSA) is 134 Å². The first-order chi connectivity index (χ1) is 16.8. The molecule has 1 N–H and O–H groups in total. The third-order valence-corrected chi connectivity index (χ3v) is 6.78. The van der Waals surface area contributed by atoms with Gasteiger partial charge in [-0.05, 0) is 31.2 Å². The van der Waals surface area contributed by atoms with Crippen LogP contribution in [-0.4, -0.2) is 57.6 Å². The molecule has 182 valence electrons. The summed E-state index contributed by atoms with van der Waals surface area (Å²) in [7, 11) is -1.04. The van der Waals surface area contributed by atoms with Crippen molar-refractivity contribution in [3.63, 3.8) is 0 Å². The molecular formula is C22H22FN7O4S. The highest BCUT2D eigenvalue weighted by Gasteiger charge is 2.28. The maximum absolute atomic E-state index is 13.2. The molecule has 4 rings (SSSR count). The number of pyridine rings is 1. The second-order valence-corrected chi connectivity index (χ2v) is 9.49. The lowest BCUT2D eigenvalue weighted by Crippen LogP contribution is -2.29. The molecule has 0 spiro atoms. The highest BCUT2D eigenvalue weighted by molar-refractivity contribution is 7.93. The molecule has 0 saturated carbocycles. The van der Waals surface area contributed by atoms with Gasteiger partial charge in [-0.3, -0.25) is 14.3 Å². The summed E-state index contributed by atoms with van der Waals surface area (Å²) >= 11 is 0. The van der Waals surface area contributed by atoms with Crippen molar-refractivity contribution in [1.82, 2.24) is 29.7 Å². The summed E-state index contributed by atoms with van der Waals surface area (Å²) in [5, 5.41) is 7.32. The van der Waals surface area contributed by atoms with E-state index in [0.717, 1.165) is 12.4 Å². The van der Waals surface area contributed by atoms with E-state index in [1.165, 1.54) is 25.7 Å². The Bertz CT molecular complexity index is 1390. The molecule has 0 bridgehead atoms. The van der Waals surface area contributed by atoms with Gasteiger partial charge in [0.25, 0.3) is 0 Å². The van der Waals surface area contributed by atoms with Crippen molar-refractivity contribution in [1.29, 1.82) is 0 Å². The van der Waals surface area contributed by atoms with Crippen molar-refractivity contribution in [2.45, 2.75) is 18.6 Å². The van der Waals surface area contributed by atoms with Crippen LogP contribution in [0, 0.1) is 5.82 Å². The summed E-state index contributed by atoms with van der Waals surface area (Å²) in [4.78, 5) is 12.0. The molecule has 1 aromatic carbocycles. The number of rotatable bonds is 9. The lowest BCUT2D eigenvalue weighted by molar-refractivity contribution is 0.391. The predicted molar refractivity (Wildman–Crippen MR) is 125 cm³/mol. The second-order valence-electron chi connectivity index (χ2n) is 7.39. The zero-order valence-electron chi connectivity index (χ0n) is 19.1. The number of anilines is 1. The first-order valence-electron chi connectivity index (χ1n) is 10.4. The molecule has 1 atom stereocenters. The van der Waals surface area contributed by atoms with Gasteiger partial charge in [-0.25, -0.2) is 22.8 Å². The van der Waals surface area contributed by atoms with Crippen LogP contribution >= 0.6 is 0 Å². The Morgan fingerprint density at radius 2 is 1.69 bits per heavy atom. The van der Waals surface area contributed by atoms with Gasteiger partial charge in [-0.2, -0.15) is 0 Å². The number of methoxy groups -OCH3 is 2. The molecule has 35 heavy (non-hydrogen) atoms. The molecule has 0 aliphatic carbocycles. The molecule has 3 aromatic heterocycles. The van der Waals surface area contributed by atoms with Crippen LogP contribution in [0.1, 0.15) is 12.7 Å². The minimum Gasteiger partial charge on any atom is -0.494 e. The summed E-state index contributed by atoms with van der Waals surface area (Å²) in [6.45, 7) is 1.49. The zero-order chi connectivity index (χ0) is 25.0. The minimum atomic E-state index is -4.01. The fourth-order valence-electron chi connectivity index (χ4n) is 3.31. The number of nitrogens with zero attached hydrogens (tertiary/aromatic N) is 6. The van der Waals surface area contributed by atoms with Crippen molar-refractivity contribution in [2.75, 3.05) is 18.9 Å². The average Bonchev–Trinajstić information content (AvgIpc) is 3.27. The van der Waals surface area contributed by atoms with E-state index in [1.807, 2.05) is 0 Å². The quantitative estimate of drug-likeness (QED) is 0.369. The monoisotopic (exact) mass is 499 g/mol. The number of ether oxygens (including phenoxy) is 2. The fourth-order valence-corrected chi connectivity index (χ4v) is 4.27. The highest BCUT2D eigenvalue weighted by Crippen LogP contribution is 2.37. The summed E-state index contributed by atoms with van der Waals surface area (Å²) in [5.41, 5.74) is 0.835. The van der Waals surface area contributed by atoms with Crippen molar-refractivity contribution >= 4 is 16.0 Å². The number of hydrogen-bond donors (Lipinski definition) is 1. The maximum atomic E-state index is 13.2. The molecular weight excluding hydrogens is 477 g/mol. The largest absolute Gasteiger partial charge is 0.494 e. The van der Waals surface area contributed by atoms with Crippen LogP contribution in [0.4, 0.5) is 10.3 Å². The molecule has 13 heteroatoms. The summed E-state index contributed by atoms with van der Waals surface area (Å²) < 4.78 is 54.6. The smallest absolute Gasteiger partial charge is 0.243 e. The summed E-state index contributed by atoms with van der Waals surface area (Å²) in [5.74, 6) is 0.541. The molecule has 0 fully saturated rings. The van der Waals surface area contributed by atoms with Crippen molar-refractivity contribution in [2.24, 2.45) is 0 Å². The summed E-state index contributed by atoms with van der Waals surface area (Å²) in [6, 6.07) is 10.4. The van der Waals surface area contributed by atoms with Crippen LogP contribution in [0.15, 0.2) is 55.0 Å². The van der Waals surface area contributed by atoms with Gasteiger partial charge in [0.2, 0.25) is 16.0 Å². The van der Waals surface area contributed by atoms with Crippen LogP contribution in [0.5, 0.6) is 11.5 Å². The van der Waals surface area contributed by atoms with Gasteiger partial charge in [0.05, 0.1) is 31.9 Å². The Labute approximate surface area is 201 Å².